The molecule has 0 spiro atoms. The molecule has 27 heavy (non-hydrogen) atoms. The smallest absolute Gasteiger partial charge is 0.437 e. The van der Waals surface area contributed by atoms with Crippen LogP contribution in [0.3, 0.4) is 0 Å². The number of unbranched alkanes of at least 4 members (excludes halogenated alkanes) is 10. The van der Waals surface area contributed by atoms with Crippen LogP contribution < -0.4 is 10.2 Å². The van der Waals surface area contributed by atoms with Gasteiger partial charge in [-0.2, -0.15) is 0 Å². The zero-order chi connectivity index (χ0) is 20.0. The summed E-state index contributed by atoms with van der Waals surface area (Å²) in [6.07, 6.45) is 12.9. The number of carboxylic acid groups (broad SMARTS) is 1. The van der Waals surface area contributed by atoms with Crippen LogP contribution in [-0.4, -0.2) is 30.8 Å². The summed E-state index contributed by atoms with van der Waals surface area (Å²) in [7, 11) is 1.94. The molecule has 0 aromatic heterocycles. The van der Waals surface area contributed by atoms with Gasteiger partial charge in [0.25, 0.3) is 0 Å². The average Bonchev–Trinajstić information content (AvgIpc) is 2.66. The number of benzene rings is 1. The highest BCUT2D eigenvalue weighted by molar-refractivity contribution is 5.95. The minimum absolute atomic E-state index is 0.126. The predicted octanol–water partition coefficient (Wildman–Crippen LogP) is 5.93. The summed E-state index contributed by atoms with van der Waals surface area (Å²) < 4.78 is 0.241. The van der Waals surface area contributed by atoms with Gasteiger partial charge in [-0.1, -0.05) is 82.9 Å². The Balaban J connectivity index is 2.38. The van der Waals surface area contributed by atoms with Crippen LogP contribution >= 0.6 is 0 Å². The van der Waals surface area contributed by atoms with E-state index in [1.54, 1.807) is 0 Å². The minimum Gasteiger partial charge on any atom is -0.463 e. The zero-order valence-electron chi connectivity index (χ0n) is 17.2. The molecule has 152 valence electrons. The maximum atomic E-state index is 11.0. The molecule has 0 fully saturated rings. The van der Waals surface area contributed by atoms with Crippen molar-refractivity contribution in [3.63, 3.8) is 0 Å². The molecule has 0 saturated heterocycles. The van der Waals surface area contributed by atoms with E-state index in [0.29, 0.717) is 0 Å². The second kappa shape index (κ2) is 13.3. The van der Waals surface area contributed by atoms with Crippen molar-refractivity contribution < 1.29 is 9.90 Å². The third-order valence-corrected chi connectivity index (χ3v) is 5.25. The molecule has 1 aromatic rings. The van der Waals surface area contributed by atoms with Gasteiger partial charge in [0.2, 0.25) is 0 Å². The number of aliphatic imine (C=N–C) groups is 1. The Morgan fingerprint density at radius 3 is 1.89 bits per heavy atom. The first-order valence-electron chi connectivity index (χ1n) is 10.5. The van der Waals surface area contributed by atoms with Crippen LogP contribution in [0.4, 0.5) is 10.5 Å². The molecular weight excluding hydrogens is 338 g/mol. The monoisotopic (exact) mass is 376 g/mol. The molecule has 0 radical (unpaired) electrons. The second-order valence-corrected chi connectivity index (χ2v) is 7.54. The van der Waals surface area contributed by atoms with Crippen LogP contribution in [0.25, 0.3) is 0 Å². The highest BCUT2D eigenvalue weighted by Gasteiger charge is 2.30. The van der Waals surface area contributed by atoms with E-state index < -0.39 is 6.09 Å². The van der Waals surface area contributed by atoms with Gasteiger partial charge in [0.15, 0.2) is 0 Å². The van der Waals surface area contributed by atoms with Crippen molar-refractivity contribution in [3.05, 3.63) is 30.3 Å². The van der Waals surface area contributed by atoms with Gasteiger partial charge in [-0.25, -0.2) is 9.28 Å². The summed E-state index contributed by atoms with van der Waals surface area (Å²) in [5.41, 5.74) is 7.02. The standard InChI is InChI=1S/C22H37N3O2/c1-3-4-5-6-7-8-9-10-11-12-16-19-25(2,21(23)24-22(26)27)20-17-14-13-15-18-20/h13-15,17-18H,3-12,16,19H2,1-2H3,(H2-,23,24,26,27)/p+1. The van der Waals surface area contributed by atoms with E-state index in [4.69, 9.17) is 10.8 Å². The van der Waals surface area contributed by atoms with Crippen molar-refractivity contribution >= 4 is 17.7 Å². The predicted molar refractivity (Wildman–Crippen MR) is 115 cm³/mol. The molecule has 3 N–H and O–H groups in total. The van der Waals surface area contributed by atoms with Gasteiger partial charge < -0.3 is 10.8 Å². The third-order valence-electron chi connectivity index (χ3n) is 5.25. The van der Waals surface area contributed by atoms with E-state index in [1.165, 1.54) is 57.8 Å². The summed E-state index contributed by atoms with van der Waals surface area (Å²) in [5.74, 6) is 0.126. The summed E-state index contributed by atoms with van der Waals surface area (Å²) >= 11 is 0. The number of amides is 1. The normalized spacial score (nSPS) is 14.1. The molecule has 1 unspecified atom stereocenters. The lowest BCUT2D eigenvalue weighted by atomic mass is 10.1. The van der Waals surface area contributed by atoms with Gasteiger partial charge in [0, 0.05) is 0 Å². The fourth-order valence-electron chi connectivity index (χ4n) is 3.43. The quantitative estimate of drug-likeness (QED) is 0.194. The van der Waals surface area contributed by atoms with Gasteiger partial charge in [-0.05, 0) is 25.0 Å². The Morgan fingerprint density at radius 2 is 1.41 bits per heavy atom. The SMILES string of the molecule is CCCCCCCCCCCCC[N+](C)(C(N)=NC(=O)O)c1ccccc1. The molecule has 5 heteroatoms. The number of nitrogens with zero attached hydrogens (tertiary/aromatic N) is 2. The van der Waals surface area contributed by atoms with Crippen LogP contribution in [0.15, 0.2) is 35.3 Å². The third kappa shape index (κ3) is 9.05. The van der Waals surface area contributed by atoms with Gasteiger partial charge >= 0.3 is 12.1 Å². The van der Waals surface area contributed by atoms with Gasteiger partial charge in [-0.3, -0.25) is 0 Å². The first-order chi connectivity index (χ1) is 13.0. The van der Waals surface area contributed by atoms with Crippen LogP contribution in [-0.2, 0) is 0 Å². The van der Waals surface area contributed by atoms with E-state index in [0.717, 1.165) is 25.1 Å². The number of hydrogen-bond acceptors (Lipinski definition) is 1. The molecule has 5 nitrogen and oxygen atoms in total. The maximum Gasteiger partial charge on any atom is 0.437 e. The molecular formula is C22H38N3O2+. The van der Waals surface area contributed by atoms with Gasteiger partial charge in [0.05, 0.1) is 13.6 Å². The van der Waals surface area contributed by atoms with E-state index >= 15 is 0 Å². The lowest BCUT2D eigenvalue weighted by Crippen LogP contribution is -2.55. The van der Waals surface area contributed by atoms with Crippen molar-refractivity contribution in [2.75, 3.05) is 13.6 Å². The fourth-order valence-corrected chi connectivity index (χ4v) is 3.43. The Bertz CT molecular complexity index is 560. The molecule has 0 aliphatic heterocycles. The number of nitrogens with two attached hydrogens (primary N) is 1. The summed E-state index contributed by atoms with van der Waals surface area (Å²) in [6, 6.07) is 9.78. The molecule has 0 bridgehead atoms. The van der Waals surface area contributed by atoms with Crippen molar-refractivity contribution in [2.24, 2.45) is 10.7 Å². The van der Waals surface area contributed by atoms with Crippen LogP contribution in [0, 0.1) is 0 Å². The van der Waals surface area contributed by atoms with Crippen LogP contribution in [0.1, 0.15) is 77.6 Å². The number of hydrogen-bond donors (Lipinski definition) is 2. The number of rotatable bonds is 13. The first-order valence-corrected chi connectivity index (χ1v) is 10.5. The Morgan fingerprint density at radius 1 is 0.926 bits per heavy atom. The first kappa shape index (κ1) is 23.2. The number of carbonyl (C=O) groups is 1. The van der Waals surface area contributed by atoms with Crippen LogP contribution in [0.5, 0.6) is 0 Å². The highest BCUT2D eigenvalue weighted by Crippen LogP contribution is 2.22. The highest BCUT2D eigenvalue weighted by atomic mass is 16.4. The second-order valence-electron chi connectivity index (χ2n) is 7.54. The molecule has 0 aliphatic rings. The Kier molecular flexibility index (Phi) is 11.4. The molecule has 0 heterocycles. The molecule has 0 saturated carbocycles. The maximum absolute atomic E-state index is 11.0. The van der Waals surface area contributed by atoms with E-state index in [2.05, 4.69) is 11.9 Å². The van der Waals surface area contributed by atoms with Gasteiger partial charge in [0.1, 0.15) is 5.69 Å². The van der Waals surface area contributed by atoms with Crippen molar-refractivity contribution in [1.82, 2.24) is 4.48 Å². The largest absolute Gasteiger partial charge is 0.463 e. The number of para-hydroxylation sites is 1. The van der Waals surface area contributed by atoms with E-state index in [9.17, 15) is 4.79 Å². The summed E-state index contributed by atoms with van der Waals surface area (Å²) in [5, 5.41) is 8.98. The minimum atomic E-state index is -1.24. The summed E-state index contributed by atoms with van der Waals surface area (Å²) in [4.78, 5) is 14.5. The van der Waals surface area contributed by atoms with Crippen molar-refractivity contribution in [1.29, 1.82) is 0 Å². The Hall–Kier alpha value is -1.88. The number of quaternary nitrogens is 1. The molecule has 1 aromatic carbocycles. The van der Waals surface area contributed by atoms with E-state index in [-0.39, 0.29) is 10.4 Å². The van der Waals surface area contributed by atoms with Crippen molar-refractivity contribution in [2.45, 2.75) is 77.6 Å². The fraction of sp³-hybridized carbons (Fsp3) is 0.636. The molecule has 1 rings (SSSR count). The van der Waals surface area contributed by atoms with Crippen molar-refractivity contribution in [3.8, 4) is 0 Å². The zero-order valence-corrected chi connectivity index (χ0v) is 17.2. The van der Waals surface area contributed by atoms with Gasteiger partial charge in [-0.15, -0.1) is 4.99 Å². The van der Waals surface area contributed by atoms with E-state index in [1.807, 2.05) is 37.4 Å². The number of guanidine groups is 1. The molecule has 0 aliphatic carbocycles. The molecule has 1 amide bonds. The summed E-state index contributed by atoms with van der Waals surface area (Å²) in [6.45, 7) is 3.01. The Labute approximate surface area is 164 Å². The topological polar surface area (TPSA) is 75.7 Å². The average molecular weight is 377 g/mol. The lowest BCUT2D eigenvalue weighted by molar-refractivity contribution is 0.205. The van der Waals surface area contributed by atoms with Crippen LogP contribution in [0.2, 0.25) is 0 Å². The lowest BCUT2D eigenvalue weighted by Gasteiger charge is -2.31. The molecule has 1 atom stereocenters.